The zero-order valence-corrected chi connectivity index (χ0v) is 15.4. The number of aromatic nitrogens is 2. The zero-order chi connectivity index (χ0) is 17.3. The number of hydrogen-bond donors (Lipinski definition) is 3. The average molecular weight is 413 g/mol. The van der Waals surface area contributed by atoms with E-state index in [1.165, 1.54) is 11.3 Å². The van der Waals surface area contributed by atoms with E-state index in [4.69, 9.17) is 5.11 Å². The Bertz CT molecular complexity index is 745. The summed E-state index contributed by atoms with van der Waals surface area (Å²) in [6, 6.07) is 1.89. The summed E-state index contributed by atoms with van der Waals surface area (Å²) in [5.74, 6) is -1.11. The Balaban J connectivity index is 1.54. The molecule has 1 saturated heterocycles. The van der Waals surface area contributed by atoms with Gasteiger partial charge in [-0.2, -0.15) is 0 Å². The summed E-state index contributed by atoms with van der Waals surface area (Å²) in [5.41, 5.74) is 1.55. The molecule has 2 aromatic heterocycles. The van der Waals surface area contributed by atoms with Crippen LogP contribution in [-0.2, 0) is 0 Å². The molecule has 7 nitrogen and oxygen atoms in total. The lowest BCUT2D eigenvalue weighted by atomic mass is 10.1. The van der Waals surface area contributed by atoms with Crippen LogP contribution in [0.4, 0.5) is 5.13 Å². The molecule has 0 saturated carbocycles. The minimum Gasteiger partial charge on any atom is -0.476 e. The predicted octanol–water partition coefficient (Wildman–Crippen LogP) is 2.64. The van der Waals surface area contributed by atoms with Gasteiger partial charge in [-0.05, 0) is 41.8 Å². The van der Waals surface area contributed by atoms with E-state index in [0.29, 0.717) is 5.69 Å². The molecule has 3 heterocycles. The molecule has 0 aliphatic carbocycles. The largest absolute Gasteiger partial charge is 0.476 e. The summed E-state index contributed by atoms with van der Waals surface area (Å²) in [6.07, 6.45) is 1.60. The van der Waals surface area contributed by atoms with E-state index in [0.717, 1.165) is 41.2 Å². The molecular weight excluding hydrogens is 396 g/mol. The number of carbonyl (C=O) groups is 2. The van der Waals surface area contributed by atoms with Gasteiger partial charge < -0.3 is 20.3 Å². The first kappa shape index (κ1) is 17.0. The molecule has 0 radical (unpaired) electrons. The predicted molar refractivity (Wildman–Crippen MR) is 95.0 cm³/mol. The molecular formula is C15H17BrN4O3S. The van der Waals surface area contributed by atoms with Crippen LogP contribution in [0.3, 0.4) is 0 Å². The number of nitrogens with one attached hydrogen (secondary N) is 2. The van der Waals surface area contributed by atoms with Gasteiger partial charge in [-0.15, -0.1) is 11.3 Å². The van der Waals surface area contributed by atoms with Crippen LogP contribution in [0.25, 0.3) is 0 Å². The number of thiazole rings is 1. The summed E-state index contributed by atoms with van der Waals surface area (Å²) in [5, 5.41) is 14.3. The van der Waals surface area contributed by atoms with Crippen LogP contribution >= 0.6 is 27.3 Å². The molecule has 1 amide bonds. The van der Waals surface area contributed by atoms with Gasteiger partial charge in [-0.25, -0.2) is 9.78 Å². The minimum atomic E-state index is -1.01. The third kappa shape index (κ3) is 3.62. The fourth-order valence-electron chi connectivity index (χ4n) is 2.64. The Kier molecular flexibility index (Phi) is 4.91. The van der Waals surface area contributed by atoms with E-state index in [9.17, 15) is 9.59 Å². The maximum absolute atomic E-state index is 12.3. The van der Waals surface area contributed by atoms with Gasteiger partial charge in [0.1, 0.15) is 5.69 Å². The van der Waals surface area contributed by atoms with Crippen molar-refractivity contribution < 1.29 is 14.7 Å². The first-order chi connectivity index (χ1) is 11.4. The van der Waals surface area contributed by atoms with Crippen LogP contribution in [0, 0.1) is 6.92 Å². The number of halogens is 1. The molecule has 0 unspecified atom stereocenters. The van der Waals surface area contributed by atoms with Crippen molar-refractivity contribution in [2.75, 3.05) is 18.0 Å². The fourth-order valence-corrected chi connectivity index (χ4v) is 3.82. The van der Waals surface area contributed by atoms with Crippen molar-refractivity contribution >= 4 is 44.3 Å². The van der Waals surface area contributed by atoms with Crippen molar-refractivity contribution in [2.24, 2.45) is 0 Å². The molecule has 2 aromatic rings. The Labute approximate surface area is 151 Å². The number of amides is 1. The smallest absolute Gasteiger partial charge is 0.355 e. The van der Waals surface area contributed by atoms with Crippen LogP contribution in [0.2, 0.25) is 0 Å². The van der Waals surface area contributed by atoms with Crippen LogP contribution in [-0.4, -0.2) is 46.1 Å². The van der Waals surface area contributed by atoms with Crippen molar-refractivity contribution in [3.63, 3.8) is 0 Å². The van der Waals surface area contributed by atoms with Crippen LogP contribution in [0.1, 0.15) is 39.5 Å². The zero-order valence-electron chi connectivity index (χ0n) is 13.0. The first-order valence-electron chi connectivity index (χ1n) is 7.54. The quantitative estimate of drug-likeness (QED) is 0.716. The number of aryl methyl sites for hydroxylation is 1. The van der Waals surface area contributed by atoms with Crippen molar-refractivity contribution in [3.05, 3.63) is 33.0 Å². The maximum Gasteiger partial charge on any atom is 0.355 e. The molecule has 0 atom stereocenters. The Hall–Kier alpha value is -1.87. The second-order valence-corrected chi connectivity index (χ2v) is 7.40. The highest BCUT2D eigenvalue weighted by Gasteiger charge is 2.24. The number of aromatic carboxylic acids is 1. The van der Waals surface area contributed by atoms with Gasteiger partial charge in [0.15, 0.2) is 10.8 Å². The molecule has 3 rings (SSSR count). The Morgan fingerprint density at radius 3 is 2.71 bits per heavy atom. The standard InChI is InChI=1S/C15H17BrN4O3S/c1-8-10(16)6-11(17-8)13(21)18-9-2-4-20(5-3-9)15-19-12(7-24-15)14(22)23/h6-7,9,17H,2-5H2,1H3,(H,18,21)(H,22,23). The number of aromatic amines is 1. The topological polar surface area (TPSA) is 98.3 Å². The first-order valence-corrected chi connectivity index (χ1v) is 9.21. The summed E-state index contributed by atoms with van der Waals surface area (Å²) in [7, 11) is 0. The number of hydrogen-bond acceptors (Lipinski definition) is 5. The van der Waals surface area contributed by atoms with E-state index in [1.54, 1.807) is 11.4 Å². The van der Waals surface area contributed by atoms with Crippen molar-refractivity contribution in [2.45, 2.75) is 25.8 Å². The minimum absolute atomic E-state index is 0.0816. The molecule has 1 aliphatic heterocycles. The fraction of sp³-hybridized carbons (Fsp3) is 0.400. The lowest BCUT2D eigenvalue weighted by Crippen LogP contribution is -2.44. The lowest BCUT2D eigenvalue weighted by molar-refractivity contribution is 0.0691. The number of H-pyrrole nitrogens is 1. The highest BCUT2D eigenvalue weighted by Crippen LogP contribution is 2.24. The number of anilines is 1. The molecule has 0 bridgehead atoms. The van der Waals surface area contributed by atoms with E-state index in [2.05, 4.69) is 36.1 Å². The maximum atomic E-state index is 12.3. The molecule has 9 heteroatoms. The lowest BCUT2D eigenvalue weighted by Gasteiger charge is -2.32. The summed E-state index contributed by atoms with van der Waals surface area (Å²) < 4.78 is 0.889. The van der Waals surface area contributed by atoms with Crippen LogP contribution < -0.4 is 10.2 Å². The van der Waals surface area contributed by atoms with Gasteiger partial charge in [0.05, 0.1) is 0 Å². The summed E-state index contributed by atoms with van der Waals surface area (Å²) in [6.45, 7) is 3.38. The molecule has 24 heavy (non-hydrogen) atoms. The van der Waals surface area contributed by atoms with Crippen molar-refractivity contribution in [1.82, 2.24) is 15.3 Å². The molecule has 0 spiro atoms. The van der Waals surface area contributed by atoms with E-state index < -0.39 is 5.97 Å². The number of piperidine rings is 1. The molecule has 128 valence electrons. The number of carbonyl (C=O) groups excluding carboxylic acids is 1. The van der Waals surface area contributed by atoms with Crippen molar-refractivity contribution in [3.8, 4) is 0 Å². The molecule has 3 N–H and O–H groups in total. The Morgan fingerprint density at radius 2 is 2.17 bits per heavy atom. The third-order valence-corrected chi connectivity index (χ3v) is 5.73. The van der Waals surface area contributed by atoms with Crippen molar-refractivity contribution in [1.29, 1.82) is 0 Å². The van der Waals surface area contributed by atoms with Crippen LogP contribution in [0.15, 0.2) is 15.9 Å². The SMILES string of the molecule is Cc1[nH]c(C(=O)NC2CCN(c3nc(C(=O)O)cs3)CC2)cc1Br. The Morgan fingerprint density at radius 1 is 1.46 bits per heavy atom. The number of carboxylic acids is 1. The number of rotatable bonds is 4. The van der Waals surface area contributed by atoms with E-state index in [-0.39, 0.29) is 17.6 Å². The normalized spacial score (nSPS) is 15.5. The monoisotopic (exact) mass is 412 g/mol. The van der Waals surface area contributed by atoms with Gasteiger partial charge in [0.25, 0.3) is 5.91 Å². The van der Waals surface area contributed by atoms with Gasteiger partial charge in [-0.3, -0.25) is 4.79 Å². The highest BCUT2D eigenvalue weighted by atomic mass is 79.9. The average Bonchev–Trinajstić information content (AvgIpc) is 3.16. The van der Waals surface area contributed by atoms with E-state index in [1.807, 2.05) is 6.92 Å². The second kappa shape index (κ2) is 6.94. The second-order valence-electron chi connectivity index (χ2n) is 5.71. The van der Waals surface area contributed by atoms with Gasteiger partial charge >= 0.3 is 5.97 Å². The molecule has 1 fully saturated rings. The number of carboxylic acid groups (broad SMARTS) is 1. The highest BCUT2D eigenvalue weighted by molar-refractivity contribution is 9.10. The third-order valence-electron chi connectivity index (χ3n) is 4.01. The molecule has 0 aromatic carbocycles. The number of nitrogens with zero attached hydrogens (tertiary/aromatic N) is 2. The summed E-state index contributed by atoms with van der Waals surface area (Å²) in [4.78, 5) is 32.4. The van der Waals surface area contributed by atoms with E-state index >= 15 is 0 Å². The van der Waals surface area contributed by atoms with Gasteiger partial charge in [0, 0.05) is 34.7 Å². The molecule has 1 aliphatic rings. The van der Waals surface area contributed by atoms with Crippen LogP contribution in [0.5, 0.6) is 0 Å². The van der Waals surface area contributed by atoms with Gasteiger partial charge in [-0.1, -0.05) is 0 Å². The summed E-state index contributed by atoms with van der Waals surface area (Å²) >= 11 is 4.73. The van der Waals surface area contributed by atoms with Gasteiger partial charge in [0.2, 0.25) is 0 Å².